The number of rotatable bonds is 1. The average Bonchev–Trinajstić information content (AvgIpc) is 2.48. The summed E-state index contributed by atoms with van der Waals surface area (Å²) in [6.07, 6.45) is 0. The van der Waals surface area contributed by atoms with Gasteiger partial charge in [0.05, 0.1) is 5.56 Å². The number of fused-ring (bicyclic) bond motifs is 1. The maximum Gasteiger partial charge on any atom is 0.335 e. The van der Waals surface area contributed by atoms with Crippen molar-refractivity contribution in [1.29, 1.82) is 0 Å². The normalized spacial score (nSPS) is 10.7. The van der Waals surface area contributed by atoms with Crippen LogP contribution in [0.5, 0.6) is 0 Å². The van der Waals surface area contributed by atoms with Gasteiger partial charge < -0.3 is 5.11 Å². The van der Waals surface area contributed by atoms with Crippen molar-refractivity contribution in [1.82, 2.24) is 14.6 Å². The molecule has 0 bridgehead atoms. The number of carbonyl (C=O) groups is 1. The van der Waals surface area contributed by atoms with Crippen molar-refractivity contribution in [3.8, 4) is 0 Å². The third kappa shape index (κ3) is 1.14. The molecule has 0 spiro atoms. The fraction of sp³-hybridized carbons (Fsp3) is 0.222. The monoisotopic (exact) mass is 191 g/mol. The average molecular weight is 191 g/mol. The Kier molecular flexibility index (Phi) is 1.73. The van der Waals surface area contributed by atoms with E-state index in [1.165, 1.54) is 6.07 Å². The molecular weight excluding hydrogens is 182 g/mol. The molecule has 0 amide bonds. The third-order valence-corrected chi connectivity index (χ3v) is 2.10. The first-order valence-electron chi connectivity index (χ1n) is 4.15. The van der Waals surface area contributed by atoms with E-state index >= 15 is 0 Å². The summed E-state index contributed by atoms with van der Waals surface area (Å²) in [5.41, 5.74) is 1.63. The highest BCUT2D eigenvalue weighted by atomic mass is 16.4. The van der Waals surface area contributed by atoms with Crippen molar-refractivity contribution in [2.45, 2.75) is 13.8 Å². The summed E-state index contributed by atoms with van der Waals surface area (Å²) in [4.78, 5) is 10.7. The minimum Gasteiger partial charge on any atom is -0.478 e. The van der Waals surface area contributed by atoms with Gasteiger partial charge in [-0.25, -0.2) is 4.79 Å². The molecule has 5 nitrogen and oxygen atoms in total. The number of aryl methyl sites for hydroxylation is 2. The Balaban J connectivity index is 2.80. The van der Waals surface area contributed by atoms with Crippen molar-refractivity contribution in [3.63, 3.8) is 0 Å². The predicted molar refractivity (Wildman–Crippen MR) is 49.4 cm³/mol. The lowest BCUT2D eigenvalue weighted by atomic mass is 10.2. The first-order chi connectivity index (χ1) is 6.59. The van der Waals surface area contributed by atoms with E-state index in [9.17, 15) is 4.79 Å². The van der Waals surface area contributed by atoms with Crippen LogP contribution in [0.4, 0.5) is 0 Å². The van der Waals surface area contributed by atoms with Gasteiger partial charge >= 0.3 is 5.97 Å². The van der Waals surface area contributed by atoms with E-state index in [1.807, 2.05) is 18.2 Å². The zero-order valence-electron chi connectivity index (χ0n) is 7.85. The molecule has 2 rings (SSSR count). The molecule has 0 saturated heterocycles. The fourth-order valence-electron chi connectivity index (χ4n) is 1.50. The van der Waals surface area contributed by atoms with Crippen LogP contribution >= 0.6 is 0 Å². The van der Waals surface area contributed by atoms with Crippen LogP contribution in [0, 0.1) is 13.8 Å². The first kappa shape index (κ1) is 8.68. The topological polar surface area (TPSA) is 67.5 Å². The van der Waals surface area contributed by atoms with Crippen LogP contribution in [0.25, 0.3) is 5.65 Å². The van der Waals surface area contributed by atoms with Crippen LogP contribution in [0.15, 0.2) is 12.1 Å². The molecule has 2 aromatic heterocycles. The van der Waals surface area contributed by atoms with Gasteiger partial charge in [0.2, 0.25) is 0 Å². The van der Waals surface area contributed by atoms with E-state index in [0.29, 0.717) is 5.65 Å². The Bertz CT molecular complexity index is 516. The van der Waals surface area contributed by atoms with E-state index in [4.69, 9.17) is 5.11 Å². The number of aromatic carboxylic acids is 1. The lowest BCUT2D eigenvalue weighted by Gasteiger charge is -2.02. The van der Waals surface area contributed by atoms with E-state index in [0.717, 1.165) is 11.5 Å². The number of aromatic nitrogens is 3. The molecular formula is C9H9N3O2. The quantitative estimate of drug-likeness (QED) is 0.731. The van der Waals surface area contributed by atoms with Crippen molar-refractivity contribution < 1.29 is 9.90 Å². The molecule has 0 unspecified atom stereocenters. The van der Waals surface area contributed by atoms with Gasteiger partial charge in [0.1, 0.15) is 5.82 Å². The second-order valence-electron chi connectivity index (χ2n) is 3.13. The summed E-state index contributed by atoms with van der Waals surface area (Å²) in [6, 6.07) is 3.11. The van der Waals surface area contributed by atoms with Crippen LogP contribution in [0.1, 0.15) is 21.9 Å². The number of nitrogens with zero attached hydrogens (tertiary/aromatic N) is 3. The van der Waals surface area contributed by atoms with E-state index in [1.54, 1.807) is 6.07 Å². The zero-order valence-corrected chi connectivity index (χ0v) is 7.85. The molecule has 5 heteroatoms. The summed E-state index contributed by atoms with van der Waals surface area (Å²) < 4.78 is 1.81. The Morgan fingerprint density at radius 2 is 2.07 bits per heavy atom. The van der Waals surface area contributed by atoms with Crippen molar-refractivity contribution in [2.75, 3.05) is 0 Å². The van der Waals surface area contributed by atoms with Crippen LogP contribution in [-0.4, -0.2) is 25.7 Å². The predicted octanol–water partition coefficient (Wildman–Crippen LogP) is 1.04. The molecule has 2 heterocycles. The highest BCUT2D eigenvalue weighted by molar-refractivity contribution is 5.88. The van der Waals surface area contributed by atoms with E-state index in [-0.39, 0.29) is 5.56 Å². The Labute approximate surface area is 80.0 Å². The summed E-state index contributed by atoms with van der Waals surface area (Å²) >= 11 is 0. The van der Waals surface area contributed by atoms with Crippen molar-refractivity contribution in [3.05, 3.63) is 29.2 Å². The maximum absolute atomic E-state index is 10.7. The highest BCUT2D eigenvalue weighted by Gasteiger charge is 2.09. The van der Waals surface area contributed by atoms with Gasteiger partial charge in [-0.1, -0.05) is 0 Å². The molecule has 0 aromatic carbocycles. The van der Waals surface area contributed by atoms with Crippen LogP contribution in [-0.2, 0) is 0 Å². The van der Waals surface area contributed by atoms with Crippen molar-refractivity contribution in [2.24, 2.45) is 0 Å². The lowest BCUT2D eigenvalue weighted by Crippen LogP contribution is -2.01. The third-order valence-electron chi connectivity index (χ3n) is 2.10. The lowest BCUT2D eigenvalue weighted by molar-refractivity contribution is 0.0696. The van der Waals surface area contributed by atoms with Gasteiger partial charge in [0.25, 0.3) is 0 Å². The number of carboxylic acids is 1. The smallest absolute Gasteiger partial charge is 0.335 e. The molecule has 0 saturated carbocycles. The molecule has 1 N–H and O–H groups in total. The highest BCUT2D eigenvalue weighted by Crippen LogP contribution is 2.11. The van der Waals surface area contributed by atoms with Crippen LogP contribution in [0.3, 0.4) is 0 Å². The molecule has 72 valence electrons. The Morgan fingerprint density at radius 1 is 1.36 bits per heavy atom. The van der Waals surface area contributed by atoms with Gasteiger partial charge in [0.15, 0.2) is 5.65 Å². The number of carboxylic acid groups (broad SMARTS) is 1. The summed E-state index contributed by atoms with van der Waals surface area (Å²) in [5, 5.41) is 16.6. The Morgan fingerprint density at radius 3 is 2.71 bits per heavy atom. The summed E-state index contributed by atoms with van der Waals surface area (Å²) in [7, 11) is 0. The number of hydrogen-bond acceptors (Lipinski definition) is 3. The van der Waals surface area contributed by atoms with Gasteiger partial charge in [-0.3, -0.25) is 4.40 Å². The first-order valence-corrected chi connectivity index (χ1v) is 4.15. The Hall–Kier alpha value is -1.91. The van der Waals surface area contributed by atoms with E-state index in [2.05, 4.69) is 10.2 Å². The molecule has 0 aliphatic carbocycles. The standard InChI is InChI=1S/C9H9N3O2/c1-5-3-7(9(13)14)4-8-11-10-6(2)12(5)8/h3-4H,1-2H3,(H,13,14). The molecule has 0 aliphatic rings. The number of pyridine rings is 1. The fourth-order valence-corrected chi connectivity index (χ4v) is 1.50. The van der Waals surface area contributed by atoms with Gasteiger partial charge in [-0.15, -0.1) is 10.2 Å². The molecule has 0 fully saturated rings. The van der Waals surface area contributed by atoms with Gasteiger partial charge in [0, 0.05) is 5.69 Å². The largest absolute Gasteiger partial charge is 0.478 e. The van der Waals surface area contributed by atoms with Gasteiger partial charge in [-0.05, 0) is 26.0 Å². The molecule has 0 atom stereocenters. The number of hydrogen-bond donors (Lipinski definition) is 1. The molecule has 2 aromatic rings. The summed E-state index contributed by atoms with van der Waals surface area (Å²) in [6.45, 7) is 3.66. The van der Waals surface area contributed by atoms with Gasteiger partial charge in [-0.2, -0.15) is 0 Å². The zero-order chi connectivity index (χ0) is 10.3. The molecule has 0 aliphatic heterocycles. The minimum atomic E-state index is -0.948. The van der Waals surface area contributed by atoms with Crippen molar-refractivity contribution >= 4 is 11.6 Å². The van der Waals surface area contributed by atoms with E-state index < -0.39 is 5.97 Å². The molecule has 0 radical (unpaired) electrons. The van der Waals surface area contributed by atoms with Crippen LogP contribution < -0.4 is 0 Å². The second kappa shape index (κ2) is 2.80. The summed E-state index contributed by atoms with van der Waals surface area (Å²) in [5.74, 6) is -0.189. The molecule has 14 heavy (non-hydrogen) atoms. The SMILES string of the molecule is Cc1cc(C(=O)O)cc2nnc(C)n12. The second-order valence-corrected chi connectivity index (χ2v) is 3.13. The maximum atomic E-state index is 10.7. The van der Waals surface area contributed by atoms with Crippen LogP contribution in [0.2, 0.25) is 0 Å². The minimum absolute atomic E-state index is 0.238.